The number of benzene rings is 2. The molecular weight excluding hydrogens is 456 g/mol. The summed E-state index contributed by atoms with van der Waals surface area (Å²) >= 11 is 0. The fourth-order valence-corrected chi connectivity index (χ4v) is 4.01. The lowest BCUT2D eigenvalue weighted by molar-refractivity contribution is -0.132. The van der Waals surface area contributed by atoms with Gasteiger partial charge in [-0.05, 0) is 42.8 Å². The number of nitrogens with zero attached hydrogens (tertiary/aromatic N) is 2. The molecule has 3 aromatic rings. The number of carbonyl (C=O) groups is 2. The lowest BCUT2D eigenvalue weighted by Gasteiger charge is -2.23. The Morgan fingerprint density at radius 1 is 0.886 bits per heavy atom. The average molecular weight is 480 g/mol. The third kappa shape index (κ3) is 4.03. The maximum Gasteiger partial charge on any atom is 0.301 e. The second-order valence-corrected chi connectivity index (χ2v) is 7.65. The molecule has 182 valence electrons. The first kappa shape index (κ1) is 23.7. The number of ether oxygens (including phenoxy) is 4. The first-order valence-corrected chi connectivity index (χ1v) is 10.5. The Morgan fingerprint density at radius 2 is 1.49 bits per heavy atom. The van der Waals surface area contributed by atoms with Crippen molar-refractivity contribution in [3.63, 3.8) is 0 Å². The van der Waals surface area contributed by atoms with Gasteiger partial charge in [-0.3, -0.25) is 14.5 Å². The molecule has 1 fully saturated rings. The van der Waals surface area contributed by atoms with Crippen molar-refractivity contribution in [3.05, 3.63) is 64.9 Å². The van der Waals surface area contributed by atoms with E-state index in [2.05, 4.69) is 5.16 Å². The number of methoxy groups -OCH3 is 4. The third-order valence-corrected chi connectivity index (χ3v) is 5.69. The molecule has 0 unspecified atom stereocenters. The van der Waals surface area contributed by atoms with Crippen LogP contribution in [-0.4, -0.2) is 50.4 Å². The Bertz CT molecular complexity index is 1330. The van der Waals surface area contributed by atoms with Gasteiger partial charge in [-0.1, -0.05) is 11.2 Å². The highest BCUT2D eigenvalue weighted by Crippen LogP contribution is 2.44. The number of carbonyl (C=O) groups excluding carboxylic acids is 2. The lowest BCUT2D eigenvalue weighted by Crippen LogP contribution is -2.29. The molecule has 1 N–H and O–H groups in total. The Kier molecular flexibility index (Phi) is 6.37. The summed E-state index contributed by atoms with van der Waals surface area (Å²) in [6.45, 7) is 1.67. The number of aryl methyl sites for hydroxylation is 1. The second kappa shape index (κ2) is 9.41. The first-order valence-electron chi connectivity index (χ1n) is 10.5. The highest BCUT2D eigenvalue weighted by molar-refractivity contribution is 6.51. The van der Waals surface area contributed by atoms with E-state index in [0.717, 1.165) is 0 Å². The molecule has 1 aliphatic rings. The number of aliphatic hydroxyl groups is 1. The van der Waals surface area contributed by atoms with Gasteiger partial charge in [0.15, 0.2) is 28.8 Å². The quantitative estimate of drug-likeness (QED) is 0.307. The van der Waals surface area contributed by atoms with Gasteiger partial charge in [0, 0.05) is 11.6 Å². The molecule has 1 amide bonds. The van der Waals surface area contributed by atoms with Gasteiger partial charge in [-0.15, -0.1) is 0 Å². The predicted octanol–water partition coefficient (Wildman–Crippen LogP) is 3.64. The van der Waals surface area contributed by atoms with Crippen molar-refractivity contribution in [2.75, 3.05) is 33.3 Å². The predicted molar refractivity (Wildman–Crippen MR) is 125 cm³/mol. The van der Waals surface area contributed by atoms with Gasteiger partial charge in [0.2, 0.25) is 0 Å². The van der Waals surface area contributed by atoms with Crippen LogP contribution in [0.5, 0.6) is 23.0 Å². The molecule has 1 atom stereocenters. The standard InChI is InChI=1S/C25H24N2O8/c1-13-10-20(26-35-13)27-22(14-6-8-16(31-2)18(11-14)33-4)21(24(29)25(27)30)23(28)15-7-9-17(32-3)19(12-15)34-5/h6-12,22,28H,1-5H3/t22-/m1/s1. The number of anilines is 1. The molecule has 2 heterocycles. The summed E-state index contributed by atoms with van der Waals surface area (Å²) in [6.07, 6.45) is 0. The fraction of sp³-hybridized carbons (Fsp3) is 0.240. The maximum absolute atomic E-state index is 13.3. The largest absolute Gasteiger partial charge is 0.507 e. The minimum absolute atomic E-state index is 0.130. The number of ketones is 1. The van der Waals surface area contributed by atoms with Crippen molar-refractivity contribution in [2.45, 2.75) is 13.0 Å². The van der Waals surface area contributed by atoms with Gasteiger partial charge in [0.1, 0.15) is 11.5 Å². The van der Waals surface area contributed by atoms with Crippen molar-refractivity contribution >= 4 is 23.3 Å². The van der Waals surface area contributed by atoms with E-state index in [-0.39, 0.29) is 22.7 Å². The summed E-state index contributed by atoms with van der Waals surface area (Å²) in [7, 11) is 5.92. The van der Waals surface area contributed by atoms with E-state index in [9.17, 15) is 14.7 Å². The van der Waals surface area contributed by atoms with Crippen LogP contribution < -0.4 is 23.8 Å². The van der Waals surface area contributed by atoms with Crippen LogP contribution in [0.1, 0.15) is 22.9 Å². The number of aliphatic hydroxyl groups excluding tert-OH is 1. The Morgan fingerprint density at radius 3 is 2.06 bits per heavy atom. The van der Waals surface area contributed by atoms with Gasteiger partial charge in [-0.2, -0.15) is 0 Å². The Hall–Kier alpha value is -4.47. The SMILES string of the molecule is COc1ccc(C(O)=C2C(=O)C(=O)N(c3cc(C)on3)[C@@H]2c2ccc(OC)c(OC)c2)cc1OC. The molecule has 1 aliphatic heterocycles. The van der Waals surface area contributed by atoms with Crippen LogP contribution in [0.15, 0.2) is 52.6 Å². The summed E-state index contributed by atoms with van der Waals surface area (Å²) in [6, 6.07) is 10.2. The Labute approximate surface area is 201 Å². The fourth-order valence-electron chi connectivity index (χ4n) is 4.01. The second-order valence-electron chi connectivity index (χ2n) is 7.65. The van der Waals surface area contributed by atoms with E-state index in [1.807, 2.05) is 0 Å². The summed E-state index contributed by atoms with van der Waals surface area (Å²) in [5.74, 6) is 0.108. The lowest BCUT2D eigenvalue weighted by atomic mass is 9.95. The van der Waals surface area contributed by atoms with E-state index in [1.165, 1.54) is 45.5 Å². The van der Waals surface area contributed by atoms with E-state index in [1.54, 1.807) is 37.3 Å². The van der Waals surface area contributed by atoms with E-state index in [0.29, 0.717) is 34.3 Å². The first-order chi connectivity index (χ1) is 16.8. The van der Waals surface area contributed by atoms with Crippen LogP contribution in [0.25, 0.3) is 5.76 Å². The summed E-state index contributed by atoms with van der Waals surface area (Å²) < 4.78 is 26.5. The smallest absolute Gasteiger partial charge is 0.301 e. The van der Waals surface area contributed by atoms with Crippen molar-refractivity contribution in [1.29, 1.82) is 0 Å². The molecule has 4 rings (SSSR count). The van der Waals surface area contributed by atoms with Gasteiger partial charge >= 0.3 is 5.91 Å². The normalized spacial score (nSPS) is 16.9. The van der Waals surface area contributed by atoms with Gasteiger partial charge in [0.25, 0.3) is 5.78 Å². The zero-order valence-electron chi connectivity index (χ0n) is 19.8. The molecule has 35 heavy (non-hydrogen) atoms. The highest BCUT2D eigenvalue weighted by Gasteiger charge is 2.48. The summed E-state index contributed by atoms with van der Waals surface area (Å²) in [4.78, 5) is 27.7. The van der Waals surface area contributed by atoms with Gasteiger partial charge in [0.05, 0.1) is 40.1 Å². The minimum atomic E-state index is -1.02. The van der Waals surface area contributed by atoms with Crippen LogP contribution in [0.3, 0.4) is 0 Å². The number of rotatable bonds is 7. The molecule has 1 aromatic heterocycles. The van der Waals surface area contributed by atoms with E-state index < -0.39 is 17.7 Å². The topological polar surface area (TPSA) is 121 Å². The molecule has 0 saturated carbocycles. The summed E-state index contributed by atoms with van der Waals surface area (Å²) in [5, 5.41) is 15.2. The van der Waals surface area contributed by atoms with Crippen molar-refractivity contribution < 1.29 is 38.2 Å². The van der Waals surface area contributed by atoms with Gasteiger partial charge < -0.3 is 28.6 Å². The number of hydrogen-bond donors (Lipinski definition) is 1. The van der Waals surface area contributed by atoms with Crippen LogP contribution in [0.2, 0.25) is 0 Å². The van der Waals surface area contributed by atoms with Gasteiger partial charge in [-0.25, -0.2) is 0 Å². The molecule has 0 bridgehead atoms. The van der Waals surface area contributed by atoms with Crippen LogP contribution in [-0.2, 0) is 9.59 Å². The van der Waals surface area contributed by atoms with Crippen LogP contribution in [0.4, 0.5) is 5.82 Å². The number of Topliss-reactive ketones (excluding diaryl/α,β-unsaturated/α-hetero) is 1. The van der Waals surface area contributed by atoms with Crippen molar-refractivity contribution in [3.8, 4) is 23.0 Å². The highest BCUT2D eigenvalue weighted by atomic mass is 16.5. The Balaban J connectivity index is 1.96. The molecular formula is C25H24N2O8. The molecule has 0 aliphatic carbocycles. The zero-order valence-corrected chi connectivity index (χ0v) is 19.8. The number of amides is 1. The molecule has 0 spiro atoms. The number of aromatic nitrogens is 1. The van der Waals surface area contributed by atoms with E-state index in [4.69, 9.17) is 23.5 Å². The zero-order chi connectivity index (χ0) is 25.3. The molecule has 0 radical (unpaired) electrons. The monoisotopic (exact) mass is 480 g/mol. The minimum Gasteiger partial charge on any atom is -0.507 e. The maximum atomic E-state index is 13.3. The number of hydrogen-bond acceptors (Lipinski definition) is 9. The van der Waals surface area contributed by atoms with Crippen LogP contribution in [0, 0.1) is 6.92 Å². The summed E-state index contributed by atoms with van der Waals surface area (Å²) in [5.41, 5.74) is 0.627. The molecule has 1 saturated heterocycles. The molecule has 2 aromatic carbocycles. The third-order valence-electron chi connectivity index (χ3n) is 5.69. The molecule has 10 nitrogen and oxygen atoms in total. The van der Waals surface area contributed by atoms with Crippen molar-refractivity contribution in [2.24, 2.45) is 0 Å². The van der Waals surface area contributed by atoms with Crippen molar-refractivity contribution in [1.82, 2.24) is 5.16 Å². The van der Waals surface area contributed by atoms with E-state index >= 15 is 0 Å². The molecule has 10 heteroatoms. The average Bonchev–Trinajstić information content (AvgIpc) is 3.42. The van der Waals surface area contributed by atoms with Crippen LogP contribution >= 0.6 is 0 Å².